The van der Waals surface area contributed by atoms with Gasteiger partial charge in [0.2, 0.25) is 0 Å². The van der Waals surface area contributed by atoms with Gasteiger partial charge in [0.1, 0.15) is 0 Å². The topological polar surface area (TPSA) is 55.8 Å². The number of carboxylic acid groups (broad SMARTS) is 1. The van der Waals surface area contributed by atoms with Gasteiger partial charge in [0.25, 0.3) is 0 Å². The number of aliphatic carboxylic acids is 1. The molecule has 0 bridgehead atoms. The summed E-state index contributed by atoms with van der Waals surface area (Å²) in [7, 11) is 0. The van der Waals surface area contributed by atoms with E-state index in [4.69, 9.17) is 14.6 Å². The van der Waals surface area contributed by atoms with Crippen LogP contribution in [0.15, 0.2) is 0 Å². The third kappa shape index (κ3) is 1.21. The zero-order valence-electron chi connectivity index (χ0n) is 6.78. The highest BCUT2D eigenvalue weighted by molar-refractivity contribution is 5.70. The molecule has 2 fully saturated rings. The van der Waals surface area contributed by atoms with E-state index >= 15 is 0 Å². The van der Waals surface area contributed by atoms with Crippen molar-refractivity contribution < 1.29 is 19.4 Å². The molecule has 1 N–H and O–H groups in total. The SMILES string of the molecule is O=C(O)[C@H]1CCC2(C1)OCCO2. The van der Waals surface area contributed by atoms with Crippen LogP contribution in [0.3, 0.4) is 0 Å². The lowest BCUT2D eigenvalue weighted by Crippen LogP contribution is -2.27. The van der Waals surface area contributed by atoms with Crippen LogP contribution in [0.4, 0.5) is 0 Å². The lowest BCUT2D eigenvalue weighted by molar-refractivity contribution is -0.159. The molecule has 1 aliphatic carbocycles. The summed E-state index contributed by atoms with van der Waals surface area (Å²) in [5.41, 5.74) is 0. The van der Waals surface area contributed by atoms with Gasteiger partial charge in [0.15, 0.2) is 5.79 Å². The van der Waals surface area contributed by atoms with Gasteiger partial charge in [-0.2, -0.15) is 0 Å². The fraction of sp³-hybridized carbons (Fsp3) is 0.875. The van der Waals surface area contributed by atoms with E-state index in [0.717, 1.165) is 6.42 Å². The van der Waals surface area contributed by atoms with Gasteiger partial charge in [-0.1, -0.05) is 0 Å². The number of hydrogen-bond acceptors (Lipinski definition) is 3. The maximum absolute atomic E-state index is 10.6. The molecule has 4 nitrogen and oxygen atoms in total. The Morgan fingerprint density at radius 1 is 1.42 bits per heavy atom. The summed E-state index contributed by atoms with van der Waals surface area (Å²) in [5.74, 6) is -1.54. The van der Waals surface area contributed by atoms with Crippen molar-refractivity contribution in [1.82, 2.24) is 0 Å². The number of rotatable bonds is 1. The Morgan fingerprint density at radius 2 is 2.08 bits per heavy atom. The second kappa shape index (κ2) is 2.71. The van der Waals surface area contributed by atoms with Gasteiger partial charge in [-0.15, -0.1) is 0 Å². The number of hydrogen-bond donors (Lipinski definition) is 1. The van der Waals surface area contributed by atoms with E-state index in [-0.39, 0.29) is 5.92 Å². The lowest BCUT2D eigenvalue weighted by Gasteiger charge is -2.20. The molecule has 1 aliphatic heterocycles. The minimum absolute atomic E-state index is 0.275. The van der Waals surface area contributed by atoms with Crippen LogP contribution in [0, 0.1) is 5.92 Å². The molecule has 0 unspecified atom stereocenters. The van der Waals surface area contributed by atoms with E-state index in [1.807, 2.05) is 0 Å². The molecule has 2 aliphatic rings. The van der Waals surface area contributed by atoms with Crippen LogP contribution >= 0.6 is 0 Å². The van der Waals surface area contributed by atoms with Crippen molar-refractivity contribution in [2.75, 3.05) is 13.2 Å². The monoisotopic (exact) mass is 172 g/mol. The maximum Gasteiger partial charge on any atom is 0.306 e. The van der Waals surface area contributed by atoms with Crippen LogP contribution in [-0.4, -0.2) is 30.1 Å². The number of carboxylic acids is 1. The molecule has 1 atom stereocenters. The fourth-order valence-electron chi connectivity index (χ4n) is 1.94. The predicted octanol–water partition coefficient (Wildman–Crippen LogP) is 0.614. The fourth-order valence-corrected chi connectivity index (χ4v) is 1.94. The van der Waals surface area contributed by atoms with Crippen molar-refractivity contribution in [1.29, 1.82) is 0 Å². The largest absolute Gasteiger partial charge is 0.481 e. The molecule has 0 aromatic heterocycles. The summed E-state index contributed by atoms with van der Waals surface area (Å²) in [6.45, 7) is 1.21. The summed E-state index contributed by atoms with van der Waals surface area (Å²) in [6.07, 6.45) is 1.92. The first kappa shape index (κ1) is 8.01. The lowest BCUT2D eigenvalue weighted by atomic mass is 10.1. The van der Waals surface area contributed by atoms with Crippen LogP contribution in [0.25, 0.3) is 0 Å². The highest BCUT2D eigenvalue weighted by Crippen LogP contribution is 2.40. The van der Waals surface area contributed by atoms with E-state index < -0.39 is 11.8 Å². The Balaban J connectivity index is 2.01. The first-order valence-electron chi connectivity index (χ1n) is 4.23. The first-order chi connectivity index (χ1) is 5.72. The van der Waals surface area contributed by atoms with Crippen molar-refractivity contribution in [3.8, 4) is 0 Å². The maximum atomic E-state index is 10.6. The predicted molar refractivity (Wildman–Crippen MR) is 39.6 cm³/mol. The van der Waals surface area contributed by atoms with E-state index in [1.54, 1.807) is 0 Å². The Bertz CT molecular complexity index is 195. The number of ether oxygens (including phenoxy) is 2. The minimum Gasteiger partial charge on any atom is -0.481 e. The normalized spacial score (nSPS) is 32.8. The zero-order valence-corrected chi connectivity index (χ0v) is 6.78. The van der Waals surface area contributed by atoms with Gasteiger partial charge in [0.05, 0.1) is 19.1 Å². The molecular formula is C8H12O4. The molecule has 1 saturated carbocycles. The Hall–Kier alpha value is -0.610. The summed E-state index contributed by atoms with van der Waals surface area (Å²) < 4.78 is 10.8. The molecule has 12 heavy (non-hydrogen) atoms. The van der Waals surface area contributed by atoms with Gasteiger partial charge < -0.3 is 14.6 Å². The van der Waals surface area contributed by atoms with Crippen molar-refractivity contribution in [2.24, 2.45) is 5.92 Å². The second-order valence-corrected chi connectivity index (χ2v) is 3.39. The highest BCUT2D eigenvalue weighted by Gasteiger charge is 2.46. The van der Waals surface area contributed by atoms with Crippen LogP contribution in [0.5, 0.6) is 0 Å². The standard InChI is InChI=1S/C8H12O4/c9-7(10)6-1-2-8(5-6)11-3-4-12-8/h6H,1-5H2,(H,9,10)/t6-/m0/s1. The van der Waals surface area contributed by atoms with E-state index in [1.165, 1.54) is 0 Å². The van der Waals surface area contributed by atoms with Crippen LogP contribution < -0.4 is 0 Å². The van der Waals surface area contributed by atoms with Gasteiger partial charge in [-0.3, -0.25) is 4.79 Å². The van der Waals surface area contributed by atoms with Crippen molar-refractivity contribution in [3.63, 3.8) is 0 Å². The molecule has 2 rings (SSSR count). The van der Waals surface area contributed by atoms with Gasteiger partial charge >= 0.3 is 5.97 Å². The van der Waals surface area contributed by atoms with Crippen LogP contribution in [0.1, 0.15) is 19.3 Å². The van der Waals surface area contributed by atoms with Crippen molar-refractivity contribution >= 4 is 5.97 Å². The summed E-state index contributed by atoms with van der Waals surface area (Å²) >= 11 is 0. The number of carbonyl (C=O) groups is 1. The molecule has 0 amide bonds. The summed E-state index contributed by atoms with van der Waals surface area (Å²) in [6, 6.07) is 0. The molecule has 0 radical (unpaired) electrons. The van der Waals surface area contributed by atoms with Gasteiger partial charge in [0, 0.05) is 12.8 Å². The average molecular weight is 172 g/mol. The quantitative estimate of drug-likeness (QED) is 0.629. The Morgan fingerprint density at radius 3 is 2.58 bits per heavy atom. The smallest absolute Gasteiger partial charge is 0.306 e. The Labute approximate surface area is 70.5 Å². The van der Waals surface area contributed by atoms with Crippen LogP contribution in [-0.2, 0) is 14.3 Å². The second-order valence-electron chi connectivity index (χ2n) is 3.39. The van der Waals surface area contributed by atoms with Crippen molar-refractivity contribution in [2.45, 2.75) is 25.0 Å². The van der Waals surface area contributed by atoms with Crippen molar-refractivity contribution in [3.05, 3.63) is 0 Å². The minimum atomic E-state index is -0.731. The summed E-state index contributed by atoms with van der Waals surface area (Å²) in [4.78, 5) is 10.6. The molecule has 1 saturated heterocycles. The van der Waals surface area contributed by atoms with Crippen LogP contribution in [0.2, 0.25) is 0 Å². The van der Waals surface area contributed by atoms with E-state index in [2.05, 4.69) is 0 Å². The highest BCUT2D eigenvalue weighted by atomic mass is 16.7. The van der Waals surface area contributed by atoms with Gasteiger partial charge in [-0.25, -0.2) is 0 Å². The van der Waals surface area contributed by atoms with E-state index in [9.17, 15) is 4.79 Å². The third-order valence-electron chi connectivity index (χ3n) is 2.59. The average Bonchev–Trinajstić information content (AvgIpc) is 2.62. The van der Waals surface area contributed by atoms with Gasteiger partial charge in [-0.05, 0) is 6.42 Å². The third-order valence-corrected chi connectivity index (χ3v) is 2.59. The molecule has 68 valence electrons. The molecule has 1 spiro atoms. The van der Waals surface area contributed by atoms with E-state index in [0.29, 0.717) is 26.1 Å². The molecule has 0 aromatic rings. The first-order valence-corrected chi connectivity index (χ1v) is 4.23. The molecule has 1 heterocycles. The zero-order chi connectivity index (χ0) is 8.60. The molecular weight excluding hydrogens is 160 g/mol. The molecule has 0 aromatic carbocycles. The molecule has 4 heteroatoms. The summed E-state index contributed by atoms with van der Waals surface area (Å²) in [5, 5.41) is 8.75. The Kier molecular flexibility index (Phi) is 1.81.